The Labute approximate surface area is 107 Å². The minimum atomic E-state index is -1.03. The van der Waals surface area contributed by atoms with Gasteiger partial charge in [0, 0.05) is 25.4 Å². The lowest BCUT2D eigenvalue weighted by molar-refractivity contribution is -0.144. The quantitative estimate of drug-likeness (QED) is 0.668. The molecule has 6 heteroatoms. The van der Waals surface area contributed by atoms with Crippen molar-refractivity contribution in [3.8, 4) is 0 Å². The van der Waals surface area contributed by atoms with E-state index in [-0.39, 0.29) is 37.2 Å². The highest BCUT2D eigenvalue weighted by molar-refractivity contribution is 5.82. The fraction of sp³-hybridized carbons (Fsp3) is 0.750. The molecule has 104 valence electrons. The van der Waals surface area contributed by atoms with E-state index in [9.17, 15) is 14.4 Å². The number of likely N-dealkylation sites (N-methyl/N-ethyl adjacent to an activating group) is 1. The van der Waals surface area contributed by atoms with Gasteiger partial charge in [-0.25, -0.2) is 0 Å². The third-order valence-corrected chi connectivity index (χ3v) is 2.30. The van der Waals surface area contributed by atoms with Gasteiger partial charge in [0.1, 0.15) is 6.54 Å². The standard InChI is InChI=1S/C12H22N2O4/c1-4-14(8-12(17)18)11(16)7-5-6-10(15)13-9(2)3/h9H,4-8H2,1-3H3,(H,13,15)(H,17,18). The number of aliphatic carboxylic acids is 1. The van der Waals surface area contributed by atoms with Crippen LogP contribution < -0.4 is 5.32 Å². The van der Waals surface area contributed by atoms with Crippen LogP contribution in [0.4, 0.5) is 0 Å². The van der Waals surface area contributed by atoms with E-state index in [0.29, 0.717) is 13.0 Å². The molecule has 0 rings (SSSR count). The van der Waals surface area contributed by atoms with E-state index in [2.05, 4.69) is 5.32 Å². The maximum atomic E-state index is 11.6. The number of rotatable bonds is 8. The summed E-state index contributed by atoms with van der Waals surface area (Å²) in [6, 6.07) is 0.0901. The number of amides is 2. The topological polar surface area (TPSA) is 86.7 Å². The maximum Gasteiger partial charge on any atom is 0.323 e. The molecule has 0 saturated heterocycles. The highest BCUT2D eigenvalue weighted by atomic mass is 16.4. The second-order valence-electron chi connectivity index (χ2n) is 4.38. The first-order valence-corrected chi connectivity index (χ1v) is 6.15. The van der Waals surface area contributed by atoms with Gasteiger partial charge in [-0.2, -0.15) is 0 Å². The highest BCUT2D eigenvalue weighted by Crippen LogP contribution is 2.01. The number of nitrogens with zero attached hydrogens (tertiary/aromatic N) is 1. The van der Waals surface area contributed by atoms with Crippen molar-refractivity contribution in [2.75, 3.05) is 13.1 Å². The van der Waals surface area contributed by atoms with E-state index in [0.717, 1.165) is 0 Å². The second kappa shape index (κ2) is 8.49. The van der Waals surface area contributed by atoms with Gasteiger partial charge in [-0.3, -0.25) is 14.4 Å². The van der Waals surface area contributed by atoms with Gasteiger partial charge >= 0.3 is 5.97 Å². The molecule has 0 fully saturated rings. The molecule has 2 N–H and O–H groups in total. The minimum absolute atomic E-state index is 0.0842. The lowest BCUT2D eigenvalue weighted by Gasteiger charge is -2.18. The van der Waals surface area contributed by atoms with Crippen LogP contribution in [0.2, 0.25) is 0 Å². The van der Waals surface area contributed by atoms with Crippen molar-refractivity contribution in [1.82, 2.24) is 10.2 Å². The molecule has 0 aromatic carbocycles. The SMILES string of the molecule is CCN(CC(=O)O)C(=O)CCCC(=O)NC(C)C. The Morgan fingerprint density at radius 2 is 1.83 bits per heavy atom. The normalized spacial score (nSPS) is 10.2. The zero-order valence-corrected chi connectivity index (χ0v) is 11.2. The van der Waals surface area contributed by atoms with Gasteiger partial charge in [0.25, 0.3) is 0 Å². The van der Waals surface area contributed by atoms with Crippen molar-refractivity contribution in [2.24, 2.45) is 0 Å². The molecule has 2 amide bonds. The monoisotopic (exact) mass is 258 g/mol. The van der Waals surface area contributed by atoms with E-state index in [1.807, 2.05) is 13.8 Å². The maximum absolute atomic E-state index is 11.6. The molecular weight excluding hydrogens is 236 g/mol. The van der Waals surface area contributed by atoms with E-state index in [4.69, 9.17) is 5.11 Å². The molecule has 6 nitrogen and oxygen atoms in total. The van der Waals surface area contributed by atoms with Crippen LogP contribution in [0, 0.1) is 0 Å². The zero-order valence-electron chi connectivity index (χ0n) is 11.2. The molecular formula is C12H22N2O4. The molecule has 0 radical (unpaired) electrons. The molecule has 0 spiro atoms. The van der Waals surface area contributed by atoms with Gasteiger partial charge in [0.15, 0.2) is 0 Å². The van der Waals surface area contributed by atoms with E-state index < -0.39 is 5.97 Å². The molecule has 0 unspecified atom stereocenters. The van der Waals surface area contributed by atoms with Gasteiger partial charge in [0.05, 0.1) is 0 Å². The van der Waals surface area contributed by atoms with Gasteiger partial charge in [-0.05, 0) is 27.2 Å². The summed E-state index contributed by atoms with van der Waals surface area (Å²) < 4.78 is 0. The number of carbonyl (C=O) groups is 3. The molecule has 0 saturated carbocycles. The lowest BCUT2D eigenvalue weighted by atomic mass is 10.2. The van der Waals surface area contributed by atoms with Crippen LogP contribution in [0.3, 0.4) is 0 Å². The van der Waals surface area contributed by atoms with E-state index in [1.165, 1.54) is 4.90 Å². The summed E-state index contributed by atoms with van der Waals surface area (Å²) >= 11 is 0. The van der Waals surface area contributed by atoms with Gasteiger partial charge in [0.2, 0.25) is 11.8 Å². The molecule has 0 aromatic rings. The zero-order chi connectivity index (χ0) is 14.1. The van der Waals surface area contributed by atoms with Crippen molar-refractivity contribution in [2.45, 2.75) is 46.1 Å². The summed E-state index contributed by atoms with van der Waals surface area (Å²) in [6.07, 6.45) is 0.925. The molecule has 0 aliphatic heterocycles. The molecule has 0 aliphatic rings. The van der Waals surface area contributed by atoms with Crippen molar-refractivity contribution >= 4 is 17.8 Å². The van der Waals surface area contributed by atoms with Crippen LogP contribution >= 0.6 is 0 Å². The fourth-order valence-corrected chi connectivity index (χ4v) is 1.49. The van der Waals surface area contributed by atoms with Crippen molar-refractivity contribution in [3.05, 3.63) is 0 Å². The van der Waals surface area contributed by atoms with Crippen molar-refractivity contribution < 1.29 is 19.5 Å². The van der Waals surface area contributed by atoms with Crippen LogP contribution in [0.25, 0.3) is 0 Å². The van der Waals surface area contributed by atoms with Gasteiger partial charge < -0.3 is 15.3 Å². The van der Waals surface area contributed by atoms with Gasteiger partial charge in [-0.15, -0.1) is 0 Å². The summed E-state index contributed by atoms with van der Waals surface area (Å²) in [5.74, 6) is -1.33. The predicted octanol–water partition coefficient (Wildman–Crippen LogP) is 0.614. The van der Waals surface area contributed by atoms with Crippen LogP contribution in [0.15, 0.2) is 0 Å². The molecule has 0 bridgehead atoms. The largest absolute Gasteiger partial charge is 0.480 e. The Kier molecular flexibility index (Phi) is 7.74. The van der Waals surface area contributed by atoms with E-state index >= 15 is 0 Å². The third-order valence-electron chi connectivity index (χ3n) is 2.30. The average molecular weight is 258 g/mol. The molecule has 0 aromatic heterocycles. The summed E-state index contributed by atoms with van der Waals surface area (Å²) in [7, 11) is 0. The van der Waals surface area contributed by atoms with Crippen molar-refractivity contribution in [3.63, 3.8) is 0 Å². The first-order chi connectivity index (χ1) is 8.36. The van der Waals surface area contributed by atoms with Gasteiger partial charge in [-0.1, -0.05) is 0 Å². The molecule has 18 heavy (non-hydrogen) atoms. The molecule has 0 heterocycles. The molecule has 0 atom stereocenters. The summed E-state index contributed by atoms with van der Waals surface area (Å²) in [6.45, 7) is 5.55. The summed E-state index contributed by atoms with van der Waals surface area (Å²) in [5, 5.41) is 11.4. The Morgan fingerprint density at radius 1 is 1.22 bits per heavy atom. The lowest BCUT2D eigenvalue weighted by Crippen LogP contribution is -2.35. The number of nitrogens with one attached hydrogen (secondary N) is 1. The average Bonchev–Trinajstić information content (AvgIpc) is 2.24. The Hall–Kier alpha value is -1.59. The second-order valence-corrected chi connectivity index (χ2v) is 4.38. The summed E-state index contributed by atoms with van der Waals surface area (Å²) in [4.78, 5) is 34.8. The van der Waals surface area contributed by atoms with Crippen LogP contribution in [0.1, 0.15) is 40.0 Å². The number of carboxylic acid groups (broad SMARTS) is 1. The van der Waals surface area contributed by atoms with Crippen molar-refractivity contribution in [1.29, 1.82) is 0 Å². The number of hydrogen-bond acceptors (Lipinski definition) is 3. The predicted molar refractivity (Wildman–Crippen MR) is 67.0 cm³/mol. The Balaban J connectivity index is 3.94. The Bertz CT molecular complexity index is 302. The smallest absolute Gasteiger partial charge is 0.323 e. The number of hydrogen-bond donors (Lipinski definition) is 2. The molecule has 0 aliphatic carbocycles. The minimum Gasteiger partial charge on any atom is -0.480 e. The number of carbonyl (C=O) groups excluding carboxylic acids is 2. The summed E-state index contributed by atoms with van der Waals surface area (Å²) in [5.41, 5.74) is 0. The number of carboxylic acids is 1. The highest BCUT2D eigenvalue weighted by Gasteiger charge is 2.15. The first kappa shape index (κ1) is 16.4. The third kappa shape index (κ3) is 7.65. The van der Waals surface area contributed by atoms with Crippen LogP contribution in [-0.4, -0.2) is 46.9 Å². The first-order valence-electron chi connectivity index (χ1n) is 6.15. The van der Waals surface area contributed by atoms with Crippen LogP contribution in [-0.2, 0) is 14.4 Å². The van der Waals surface area contributed by atoms with E-state index in [1.54, 1.807) is 6.92 Å². The fourth-order valence-electron chi connectivity index (χ4n) is 1.49. The van der Waals surface area contributed by atoms with Crippen LogP contribution in [0.5, 0.6) is 0 Å². The Morgan fingerprint density at radius 3 is 2.28 bits per heavy atom.